The average Bonchev–Trinajstić information content (AvgIpc) is 3.31. The summed E-state index contributed by atoms with van der Waals surface area (Å²) in [4.78, 5) is 24.5. The molecule has 3 aliphatic heterocycles. The molecule has 9 heteroatoms. The van der Waals surface area contributed by atoms with Crippen molar-refractivity contribution in [1.29, 1.82) is 0 Å². The van der Waals surface area contributed by atoms with Gasteiger partial charge in [0.1, 0.15) is 18.3 Å². The summed E-state index contributed by atoms with van der Waals surface area (Å²) in [5, 5.41) is 22.8. The Kier molecular flexibility index (Phi) is 8.69. The summed E-state index contributed by atoms with van der Waals surface area (Å²) in [5.41, 5.74) is 2.54. The second kappa shape index (κ2) is 11.1. The predicted molar refractivity (Wildman–Crippen MR) is 121 cm³/mol. The Morgan fingerprint density at radius 1 is 1.24 bits per heavy atom. The first-order valence-corrected chi connectivity index (χ1v) is 11.8. The fraction of sp³-hybridized carbons (Fsp3) is 0.750. The van der Waals surface area contributed by atoms with Crippen molar-refractivity contribution >= 4 is 11.9 Å². The van der Waals surface area contributed by atoms with E-state index in [1.807, 2.05) is 6.08 Å². The fourth-order valence-corrected chi connectivity index (χ4v) is 4.31. The third-order valence-corrected chi connectivity index (χ3v) is 6.59. The summed E-state index contributed by atoms with van der Waals surface area (Å²) in [6.45, 7) is 9.04. The van der Waals surface area contributed by atoms with Gasteiger partial charge in [-0.05, 0) is 53.4 Å². The fourth-order valence-electron chi connectivity index (χ4n) is 4.31. The van der Waals surface area contributed by atoms with Crippen molar-refractivity contribution in [2.45, 2.75) is 96.0 Å². The maximum absolute atomic E-state index is 12.0. The van der Waals surface area contributed by atoms with E-state index in [1.165, 1.54) is 16.0 Å². The molecule has 0 aromatic heterocycles. The molecule has 0 bridgehead atoms. The Balaban J connectivity index is 1.35. The molecule has 186 valence electrons. The quantitative estimate of drug-likeness (QED) is 0.242. The Morgan fingerprint density at radius 2 is 2.00 bits per heavy atom. The minimum absolute atomic E-state index is 0.00535. The average molecular weight is 467 g/mol. The van der Waals surface area contributed by atoms with Crippen LogP contribution in [0.25, 0.3) is 0 Å². The molecule has 3 amide bonds. The molecule has 3 saturated heterocycles. The molecule has 3 fully saturated rings. The van der Waals surface area contributed by atoms with Gasteiger partial charge >= 0.3 is 6.03 Å². The molecule has 33 heavy (non-hydrogen) atoms. The second-order valence-corrected chi connectivity index (χ2v) is 9.71. The molecular formula is C24H38N2O7. The first kappa shape index (κ1) is 25.8. The van der Waals surface area contributed by atoms with Crippen molar-refractivity contribution in [2.75, 3.05) is 19.8 Å². The van der Waals surface area contributed by atoms with Gasteiger partial charge in [0.25, 0.3) is 0 Å². The van der Waals surface area contributed by atoms with Crippen LogP contribution in [0.1, 0.15) is 59.8 Å². The van der Waals surface area contributed by atoms with Crippen molar-refractivity contribution in [2.24, 2.45) is 0 Å². The van der Waals surface area contributed by atoms with E-state index in [4.69, 9.17) is 14.2 Å². The van der Waals surface area contributed by atoms with Crippen LogP contribution in [0, 0.1) is 0 Å². The van der Waals surface area contributed by atoms with Gasteiger partial charge in [0, 0.05) is 13.0 Å². The summed E-state index contributed by atoms with van der Waals surface area (Å²) in [7, 11) is 0. The first-order valence-electron chi connectivity index (χ1n) is 11.8. The molecule has 0 aromatic carbocycles. The van der Waals surface area contributed by atoms with E-state index >= 15 is 0 Å². The molecule has 3 aliphatic rings. The highest BCUT2D eigenvalue weighted by Crippen LogP contribution is 2.43. The van der Waals surface area contributed by atoms with Gasteiger partial charge in [-0.15, -0.1) is 0 Å². The van der Waals surface area contributed by atoms with Gasteiger partial charge in [0.15, 0.2) is 6.23 Å². The Bertz CT molecular complexity index is 779. The van der Waals surface area contributed by atoms with Gasteiger partial charge in [0.2, 0.25) is 5.91 Å². The molecule has 3 N–H and O–H groups in total. The minimum Gasteiger partial charge on any atom is -0.387 e. The molecule has 0 spiro atoms. The Labute approximate surface area is 195 Å². The van der Waals surface area contributed by atoms with Gasteiger partial charge in [0.05, 0.1) is 24.9 Å². The van der Waals surface area contributed by atoms with E-state index < -0.39 is 30.6 Å². The van der Waals surface area contributed by atoms with E-state index in [-0.39, 0.29) is 31.1 Å². The summed E-state index contributed by atoms with van der Waals surface area (Å²) in [5.74, 6) is -0.368. The standard InChI is InChI=1S/C24H38N2O7/c1-15(2)6-5-11-24(4)18(33-24)8-7-16(3)10-13-31-14-17-20(28)21(29)22(32-17)26-12-9-19(27)25-23(26)30/h6,10,17-18,20-22,28-29H,5,7-9,11-14H2,1-4H3,(H,25,27,30)/b16-10+/t17-,18-,20?,21+,22-,24-/m1/s1. The number of carbonyl (C=O) groups excluding carboxylic acids is 2. The maximum Gasteiger partial charge on any atom is 0.326 e. The second-order valence-electron chi connectivity index (χ2n) is 9.71. The van der Waals surface area contributed by atoms with Crippen LogP contribution in [0.5, 0.6) is 0 Å². The third kappa shape index (κ3) is 6.86. The number of aliphatic hydroxyl groups is 2. The molecule has 0 aliphatic carbocycles. The number of epoxide rings is 1. The van der Waals surface area contributed by atoms with Crippen LogP contribution in [0.15, 0.2) is 23.3 Å². The van der Waals surface area contributed by atoms with E-state index in [1.54, 1.807) is 0 Å². The molecular weight excluding hydrogens is 428 g/mol. The number of aliphatic hydroxyl groups excluding tert-OH is 2. The van der Waals surface area contributed by atoms with Crippen LogP contribution in [0.4, 0.5) is 4.79 Å². The molecule has 3 rings (SSSR count). The largest absolute Gasteiger partial charge is 0.387 e. The van der Waals surface area contributed by atoms with E-state index in [9.17, 15) is 19.8 Å². The van der Waals surface area contributed by atoms with Crippen LogP contribution < -0.4 is 5.32 Å². The molecule has 0 radical (unpaired) electrons. The van der Waals surface area contributed by atoms with Crippen LogP contribution in [0.2, 0.25) is 0 Å². The topological polar surface area (TPSA) is 121 Å². The van der Waals surface area contributed by atoms with E-state index in [0.29, 0.717) is 12.7 Å². The van der Waals surface area contributed by atoms with Gasteiger partial charge < -0.3 is 24.4 Å². The van der Waals surface area contributed by atoms with Crippen molar-refractivity contribution < 1.29 is 34.0 Å². The summed E-state index contributed by atoms with van der Waals surface area (Å²) in [6, 6.07) is -0.629. The lowest BCUT2D eigenvalue weighted by molar-refractivity contribution is -0.126. The summed E-state index contributed by atoms with van der Waals surface area (Å²) >= 11 is 0. The lowest BCUT2D eigenvalue weighted by atomic mass is 9.96. The normalized spacial score (nSPS) is 34.4. The minimum atomic E-state index is -1.26. The van der Waals surface area contributed by atoms with Crippen molar-refractivity contribution in [3.63, 3.8) is 0 Å². The molecule has 3 heterocycles. The van der Waals surface area contributed by atoms with Gasteiger partial charge in [-0.2, -0.15) is 0 Å². The lowest BCUT2D eigenvalue weighted by Crippen LogP contribution is -2.56. The third-order valence-electron chi connectivity index (χ3n) is 6.59. The van der Waals surface area contributed by atoms with Crippen molar-refractivity contribution in [3.8, 4) is 0 Å². The van der Waals surface area contributed by atoms with Crippen LogP contribution in [-0.2, 0) is 19.0 Å². The number of hydrogen-bond acceptors (Lipinski definition) is 7. The lowest BCUT2D eigenvalue weighted by Gasteiger charge is -2.32. The number of rotatable bonds is 11. The van der Waals surface area contributed by atoms with Crippen molar-refractivity contribution in [1.82, 2.24) is 10.2 Å². The van der Waals surface area contributed by atoms with Crippen LogP contribution in [-0.4, -0.2) is 83.1 Å². The highest BCUT2D eigenvalue weighted by atomic mass is 16.6. The Hall–Kier alpha value is -1.78. The number of amides is 3. The van der Waals surface area contributed by atoms with Gasteiger partial charge in [-0.3, -0.25) is 15.0 Å². The number of urea groups is 1. The number of allylic oxidation sites excluding steroid dienone is 3. The molecule has 0 saturated carbocycles. The van der Waals surface area contributed by atoms with E-state index in [0.717, 1.165) is 25.7 Å². The zero-order valence-corrected chi connectivity index (χ0v) is 20.1. The first-order chi connectivity index (χ1) is 15.6. The number of nitrogens with one attached hydrogen (secondary N) is 1. The number of nitrogens with zero attached hydrogens (tertiary/aromatic N) is 1. The van der Waals surface area contributed by atoms with Gasteiger partial charge in [-0.25, -0.2) is 4.79 Å². The maximum atomic E-state index is 12.0. The zero-order chi connectivity index (χ0) is 24.2. The SMILES string of the molecule is CC(C)=CCC[C@@]1(C)O[C@@H]1CC/C(C)=C/COC[C@H]1O[C@@H](N2CCC(=O)NC2=O)[C@@H](O)C1O. The highest BCUT2D eigenvalue weighted by molar-refractivity contribution is 5.96. The summed E-state index contributed by atoms with van der Waals surface area (Å²) < 4.78 is 17.2. The van der Waals surface area contributed by atoms with Gasteiger partial charge in [-0.1, -0.05) is 23.3 Å². The highest BCUT2D eigenvalue weighted by Gasteiger charge is 2.50. The smallest absolute Gasteiger partial charge is 0.326 e. The number of ether oxygens (including phenoxy) is 3. The number of hydrogen-bond donors (Lipinski definition) is 3. The number of imide groups is 1. The summed E-state index contributed by atoms with van der Waals surface area (Å²) in [6.07, 6.45) is 4.46. The molecule has 0 aromatic rings. The predicted octanol–water partition coefficient (Wildman–Crippen LogP) is 2.02. The monoisotopic (exact) mass is 466 g/mol. The zero-order valence-electron chi connectivity index (χ0n) is 20.1. The Morgan fingerprint density at radius 3 is 2.70 bits per heavy atom. The van der Waals surface area contributed by atoms with Crippen molar-refractivity contribution in [3.05, 3.63) is 23.3 Å². The van der Waals surface area contributed by atoms with E-state index in [2.05, 4.69) is 39.1 Å². The van der Waals surface area contributed by atoms with Crippen LogP contribution >= 0.6 is 0 Å². The molecule has 1 unspecified atom stereocenters. The molecule has 6 atom stereocenters. The molecule has 9 nitrogen and oxygen atoms in total. The number of carbonyl (C=O) groups is 2. The van der Waals surface area contributed by atoms with Crippen LogP contribution in [0.3, 0.4) is 0 Å².